The minimum atomic E-state index is -5.53. The first-order chi connectivity index (χ1) is 41.7. The van der Waals surface area contributed by atoms with Gasteiger partial charge in [-0.1, -0.05) is 30.3 Å². The Kier molecular flexibility index (Phi) is 21.8. The molecule has 0 aliphatic rings. The third-order valence-electron chi connectivity index (χ3n) is 11.9. The molecule has 0 saturated carbocycles. The van der Waals surface area contributed by atoms with Gasteiger partial charge in [0, 0.05) is 34.6 Å². The van der Waals surface area contributed by atoms with E-state index in [4.69, 9.17) is 23.2 Å². The van der Waals surface area contributed by atoms with E-state index in [0.717, 1.165) is 42.5 Å². The van der Waals surface area contributed by atoms with Crippen LogP contribution in [0.25, 0.3) is 32.3 Å². The molecule has 0 atom stereocenters. The van der Waals surface area contributed by atoms with E-state index in [1.165, 1.54) is 12.1 Å². The van der Waals surface area contributed by atoms with Gasteiger partial charge >= 0.3 is 80.9 Å². The van der Waals surface area contributed by atoms with Crippen LogP contribution in [0.15, 0.2) is 146 Å². The Bertz CT molecular complexity index is 5500. The Morgan fingerprint density at radius 3 is 1.22 bits per heavy atom. The smallest absolute Gasteiger partial charge is 0.505 e. The van der Waals surface area contributed by atoms with Crippen LogP contribution >= 0.6 is 23.2 Å². The van der Waals surface area contributed by atoms with Crippen molar-refractivity contribution in [2.45, 2.75) is 34.3 Å². The maximum absolute atomic E-state index is 12.8. The summed E-state index contributed by atoms with van der Waals surface area (Å²) in [6, 6.07) is 12.8. The molecule has 0 bridgehead atoms. The average Bonchev–Trinajstić information content (AvgIpc) is 0.762. The summed E-state index contributed by atoms with van der Waals surface area (Å²) in [5.41, 5.74) is -4.77. The Morgan fingerprint density at radius 2 is 0.804 bits per heavy atom. The molecule has 0 radical (unpaired) electrons. The van der Waals surface area contributed by atoms with Crippen molar-refractivity contribution in [2.75, 3.05) is 34.4 Å². The van der Waals surface area contributed by atoms with E-state index < -0.39 is 205 Å². The zero-order valence-corrected chi connectivity index (χ0v) is 57.8. The molecule has 0 spiro atoms. The number of fused-ring (bicyclic) bond motifs is 3. The van der Waals surface area contributed by atoms with E-state index in [1.54, 1.807) is 0 Å². The first-order valence-electron chi connectivity index (χ1n) is 23.5. The van der Waals surface area contributed by atoms with E-state index in [-0.39, 0.29) is 106 Å². The Morgan fingerprint density at radius 1 is 0.402 bits per heavy atom. The number of phenols is 2. The van der Waals surface area contributed by atoms with Gasteiger partial charge in [0.05, 0.1) is 21.2 Å². The SMILES string of the molecule is O=S(=O)(O)c1cc(Nc2nc(Cl)nc(NCCNc3nc(Cl)nc(Nc4cc(S(=O)(=O)O)cc5cc(S(=O)(=O)O)c(N=Nc6ccc7c(S(=O)(=O)O)cccc7c6S(=O)(=O)O)c(O)c45)n3)n2)c2c(O)c(N=Nc3ccccc3S(=O)(=O)O)c(S(=O)(=O)O)cc2c1.[K+].[Na+]. The molecule has 2 aromatic heterocycles. The summed E-state index contributed by atoms with van der Waals surface area (Å²) >= 11 is 12.4. The topological polar surface area (TPSA) is 596 Å². The van der Waals surface area contributed by atoms with Gasteiger partial charge in [0.25, 0.3) is 70.8 Å². The number of benzene rings is 7. The fraction of sp³-hybridized carbons (Fsp3) is 0.0455. The molecule has 0 aliphatic carbocycles. The molecule has 0 saturated heterocycles. The predicted octanol–water partition coefficient (Wildman–Crippen LogP) is 0.811. The maximum Gasteiger partial charge on any atom is 1.00 e. The summed E-state index contributed by atoms with van der Waals surface area (Å²) in [7, 11) is -36.7. The third-order valence-corrected chi connectivity index (χ3v) is 18.4. The van der Waals surface area contributed by atoms with E-state index in [1.807, 2.05) is 0 Å². The number of phenolic OH excluding ortho intramolecular Hbond substituents is 2. The first-order valence-corrected chi connectivity index (χ1v) is 34.3. The van der Waals surface area contributed by atoms with Crippen LogP contribution in [-0.2, 0) is 70.8 Å². The molecule has 48 heteroatoms. The van der Waals surface area contributed by atoms with Crippen LogP contribution < -0.4 is 102 Å². The van der Waals surface area contributed by atoms with Gasteiger partial charge in [-0.3, -0.25) is 31.9 Å². The second-order valence-corrected chi connectivity index (χ2v) is 28.3. The Labute approximate surface area is 591 Å². The number of hydrogen-bond acceptors (Lipinski definition) is 30. The fourth-order valence-electron chi connectivity index (χ4n) is 8.39. The number of rotatable bonds is 20. The molecule has 13 N–H and O–H groups in total. The molecule has 9 rings (SSSR count). The molecule has 92 heavy (non-hydrogen) atoms. The van der Waals surface area contributed by atoms with Crippen LogP contribution in [0.4, 0.5) is 57.9 Å². The molecule has 2 heterocycles. The summed E-state index contributed by atoms with van der Waals surface area (Å²) in [6.45, 7) is -0.421. The molecule has 37 nitrogen and oxygen atoms in total. The standard InChI is InChI=1S/C44H32Cl2N14O23S7.K.Na/c45-39-51-41(55-43(53-39)49-26-16-20(84(63,64)65)12-18-14-30(88(75,76)77)34(36(61)32(18)26)59-57-24-5-1-2-6-29(24)87(72,73)74)47-10-11-48-42-52-40(46)54-44(56-42)50-27-17-21(85(66,67)68)13-19-15-31(89(78,79)80)35(37(62)33(19)27)60-58-25-9-8-22-23(38(25)90(81,82)83)4-3-7-28(22)86(69,70)71;;/h1-9,12-17,61-62H,10-11H2,(H,63,64,65)(H,66,67,68)(H,69,70,71)(H,72,73,74)(H,75,76,77)(H,78,79,80)(H,81,82,83)(H2,47,49,51,53,55)(H2,48,50,52,54,56);;/q;2*+1. The molecular formula is C44H32Cl2KN14NaO23S7+2. The summed E-state index contributed by atoms with van der Waals surface area (Å²) in [4.78, 5) is 16.7. The number of nitrogens with one attached hydrogen (secondary N) is 4. The second kappa shape index (κ2) is 27.3. The normalized spacial score (nSPS) is 12.7. The molecule has 0 aliphatic heterocycles. The van der Waals surface area contributed by atoms with E-state index in [9.17, 15) is 101 Å². The zero-order valence-electron chi connectivity index (χ0n) is 45.4. The molecular weight excluding hydrogens is 1450 g/mol. The molecule has 7 aromatic carbocycles. The van der Waals surface area contributed by atoms with Crippen molar-refractivity contribution in [3.63, 3.8) is 0 Å². The van der Waals surface area contributed by atoms with Crippen molar-refractivity contribution in [2.24, 2.45) is 20.5 Å². The van der Waals surface area contributed by atoms with Crippen molar-refractivity contribution in [3.8, 4) is 11.5 Å². The van der Waals surface area contributed by atoms with E-state index in [2.05, 4.69) is 71.6 Å². The minimum absolute atomic E-state index is 0. The quantitative estimate of drug-likeness (QED) is 0.0217. The zero-order chi connectivity index (χ0) is 66.0. The van der Waals surface area contributed by atoms with Crippen LogP contribution in [0.5, 0.6) is 11.5 Å². The number of nitrogens with zero attached hydrogens (tertiary/aromatic N) is 10. The maximum atomic E-state index is 12.8. The summed E-state index contributed by atoms with van der Waals surface area (Å²) in [5, 5.41) is 44.1. The number of azo groups is 2. The van der Waals surface area contributed by atoms with Gasteiger partial charge in [-0.15, -0.1) is 20.5 Å². The van der Waals surface area contributed by atoms with Crippen molar-refractivity contribution >= 4 is 184 Å². The van der Waals surface area contributed by atoms with Crippen LogP contribution in [0.3, 0.4) is 0 Å². The van der Waals surface area contributed by atoms with Crippen molar-refractivity contribution in [3.05, 3.63) is 102 Å². The van der Waals surface area contributed by atoms with Gasteiger partial charge in [0.1, 0.15) is 47.2 Å². The van der Waals surface area contributed by atoms with Gasteiger partial charge in [0.15, 0.2) is 11.5 Å². The number of anilines is 6. The number of aromatic nitrogens is 6. The molecule has 0 amide bonds. The monoisotopic (exact) mass is 1480 g/mol. The van der Waals surface area contributed by atoms with Crippen LogP contribution in [0, 0.1) is 0 Å². The number of aromatic hydroxyl groups is 2. The van der Waals surface area contributed by atoms with Gasteiger partial charge < -0.3 is 31.5 Å². The van der Waals surface area contributed by atoms with Crippen molar-refractivity contribution in [1.82, 2.24) is 29.9 Å². The van der Waals surface area contributed by atoms with Crippen molar-refractivity contribution in [1.29, 1.82) is 0 Å². The summed E-state index contributed by atoms with van der Waals surface area (Å²) in [6.07, 6.45) is 0. The largest absolute Gasteiger partial charge is 1.00 e. The second-order valence-electron chi connectivity index (χ2n) is 17.8. The summed E-state index contributed by atoms with van der Waals surface area (Å²) in [5.74, 6) is -4.26. The molecule has 472 valence electrons. The Hall–Kier alpha value is -6.07. The van der Waals surface area contributed by atoms with E-state index >= 15 is 0 Å². The van der Waals surface area contributed by atoms with Crippen LogP contribution in [-0.4, -0.2) is 144 Å². The van der Waals surface area contributed by atoms with Gasteiger partial charge in [0.2, 0.25) is 34.4 Å². The van der Waals surface area contributed by atoms with Gasteiger partial charge in [-0.2, -0.15) is 88.8 Å². The van der Waals surface area contributed by atoms with Crippen molar-refractivity contribution < 1.29 is 182 Å². The fourth-order valence-corrected chi connectivity index (χ4v) is 13.3. The molecule has 9 aromatic rings. The Balaban J connectivity index is 0.00000600. The minimum Gasteiger partial charge on any atom is -0.505 e. The average molecular weight is 1480 g/mol. The van der Waals surface area contributed by atoms with Crippen LogP contribution in [0.2, 0.25) is 10.6 Å². The molecule has 0 unspecified atom stereocenters. The summed E-state index contributed by atoms with van der Waals surface area (Å²) < 4.78 is 245. The molecule has 0 fully saturated rings. The number of hydrogen-bond donors (Lipinski definition) is 13. The van der Waals surface area contributed by atoms with Gasteiger partial charge in [-0.05, 0) is 94.6 Å². The van der Waals surface area contributed by atoms with Gasteiger partial charge in [-0.25, -0.2) is 0 Å². The third kappa shape index (κ3) is 16.5. The van der Waals surface area contributed by atoms with E-state index in [0.29, 0.717) is 36.4 Å². The predicted molar refractivity (Wildman–Crippen MR) is 312 cm³/mol. The number of halogens is 2. The first kappa shape index (κ1) is 73.3. The van der Waals surface area contributed by atoms with Crippen LogP contribution in [0.1, 0.15) is 0 Å².